The zero-order valence-corrected chi connectivity index (χ0v) is 11.1. The summed E-state index contributed by atoms with van der Waals surface area (Å²) in [4.78, 5) is 11.6. The third-order valence-electron chi connectivity index (χ3n) is 2.60. The van der Waals surface area contributed by atoms with Gasteiger partial charge >= 0.3 is 6.03 Å². The molecule has 1 unspecified atom stereocenters. The van der Waals surface area contributed by atoms with Crippen molar-refractivity contribution in [2.75, 3.05) is 25.6 Å². The fourth-order valence-electron chi connectivity index (χ4n) is 1.41. The number of amides is 2. The van der Waals surface area contributed by atoms with E-state index in [1.54, 1.807) is 13.0 Å². The fourth-order valence-corrected chi connectivity index (χ4v) is 1.41. The molecule has 2 amide bonds. The fraction of sp³-hybridized carbons (Fsp3) is 0.462. The standard InChI is InChI=1S/C13H19FN2O3/c1-13(18,7-8-19-2)9-15-12(17)16-11-6-4-3-5-10(11)14/h3-6,18H,7-9H2,1-2H3,(H2,15,16,17). The van der Waals surface area contributed by atoms with Gasteiger partial charge in [0.1, 0.15) is 5.82 Å². The van der Waals surface area contributed by atoms with Crippen LogP contribution in [0.2, 0.25) is 0 Å². The lowest BCUT2D eigenvalue weighted by Crippen LogP contribution is -2.43. The van der Waals surface area contributed by atoms with Gasteiger partial charge in [-0.05, 0) is 19.1 Å². The quantitative estimate of drug-likeness (QED) is 0.737. The molecular formula is C13H19FN2O3. The molecule has 106 valence electrons. The molecule has 1 aromatic rings. The van der Waals surface area contributed by atoms with Gasteiger partial charge in [-0.25, -0.2) is 9.18 Å². The van der Waals surface area contributed by atoms with Gasteiger partial charge in [-0.15, -0.1) is 0 Å². The molecule has 1 rings (SSSR count). The Bertz CT molecular complexity index is 424. The molecule has 19 heavy (non-hydrogen) atoms. The third-order valence-corrected chi connectivity index (χ3v) is 2.60. The van der Waals surface area contributed by atoms with Crippen LogP contribution in [-0.2, 0) is 4.74 Å². The highest BCUT2D eigenvalue weighted by Gasteiger charge is 2.20. The zero-order chi connectivity index (χ0) is 14.3. The summed E-state index contributed by atoms with van der Waals surface area (Å²) in [6.07, 6.45) is 0.392. The van der Waals surface area contributed by atoms with E-state index in [0.717, 1.165) is 0 Å². The summed E-state index contributed by atoms with van der Waals surface area (Å²) in [6, 6.07) is 5.30. The topological polar surface area (TPSA) is 70.6 Å². The Kier molecular flexibility index (Phi) is 5.72. The van der Waals surface area contributed by atoms with Crippen LogP contribution in [-0.4, -0.2) is 37.0 Å². The van der Waals surface area contributed by atoms with Gasteiger partial charge < -0.3 is 20.5 Å². The summed E-state index contributed by atoms with van der Waals surface area (Å²) in [7, 11) is 1.54. The van der Waals surface area contributed by atoms with Crippen molar-refractivity contribution in [3.63, 3.8) is 0 Å². The average Bonchev–Trinajstić information content (AvgIpc) is 2.37. The van der Waals surface area contributed by atoms with Gasteiger partial charge in [-0.2, -0.15) is 0 Å². The maximum absolute atomic E-state index is 13.3. The van der Waals surface area contributed by atoms with Gasteiger partial charge in [0, 0.05) is 26.7 Å². The number of hydrogen-bond donors (Lipinski definition) is 3. The van der Waals surface area contributed by atoms with Gasteiger partial charge in [-0.3, -0.25) is 0 Å². The minimum atomic E-state index is -1.07. The molecule has 0 aliphatic carbocycles. The highest BCUT2D eigenvalue weighted by molar-refractivity contribution is 5.89. The molecule has 0 radical (unpaired) electrons. The van der Waals surface area contributed by atoms with E-state index in [1.807, 2.05) is 0 Å². The average molecular weight is 270 g/mol. The van der Waals surface area contributed by atoms with E-state index in [4.69, 9.17) is 4.74 Å². The number of para-hydroxylation sites is 1. The number of ether oxygens (including phenoxy) is 1. The van der Waals surface area contributed by atoms with Crippen molar-refractivity contribution in [1.29, 1.82) is 0 Å². The van der Waals surface area contributed by atoms with E-state index < -0.39 is 17.4 Å². The Morgan fingerprint density at radius 3 is 2.79 bits per heavy atom. The summed E-state index contributed by atoms with van der Waals surface area (Å²) < 4.78 is 18.1. The van der Waals surface area contributed by atoms with Crippen molar-refractivity contribution < 1.29 is 19.0 Å². The molecular weight excluding hydrogens is 251 g/mol. The molecule has 0 heterocycles. The summed E-state index contributed by atoms with van der Waals surface area (Å²) in [5.74, 6) is -0.510. The first kappa shape index (κ1) is 15.4. The van der Waals surface area contributed by atoms with Crippen molar-refractivity contribution in [2.45, 2.75) is 18.9 Å². The Morgan fingerprint density at radius 2 is 2.16 bits per heavy atom. The Labute approximate surface area is 111 Å². The number of hydrogen-bond acceptors (Lipinski definition) is 3. The first-order valence-corrected chi connectivity index (χ1v) is 5.95. The Balaban J connectivity index is 2.42. The second-order valence-electron chi connectivity index (χ2n) is 4.53. The molecule has 1 atom stereocenters. The largest absolute Gasteiger partial charge is 0.388 e. The van der Waals surface area contributed by atoms with Crippen molar-refractivity contribution in [1.82, 2.24) is 5.32 Å². The van der Waals surface area contributed by atoms with Crippen LogP contribution in [0.4, 0.5) is 14.9 Å². The van der Waals surface area contributed by atoms with E-state index in [-0.39, 0.29) is 12.2 Å². The number of benzene rings is 1. The van der Waals surface area contributed by atoms with E-state index in [0.29, 0.717) is 13.0 Å². The molecule has 0 aliphatic heterocycles. The number of methoxy groups -OCH3 is 1. The van der Waals surface area contributed by atoms with Crippen LogP contribution in [0.25, 0.3) is 0 Å². The third kappa shape index (κ3) is 5.67. The van der Waals surface area contributed by atoms with Crippen molar-refractivity contribution in [3.05, 3.63) is 30.1 Å². The highest BCUT2D eigenvalue weighted by atomic mass is 19.1. The molecule has 0 fully saturated rings. The molecule has 0 saturated carbocycles. The SMILES string of the molecule is COCCC(C)(O)CNC(=O)Nc1ccccc1F. The molecule has 1 aromatic carbocycles. The number of aliphatic hydroxyl groups is 1. The van der Waals surface area contributed by atoms with Crippen LogP contribution in [0, 0.1) is 5.82 Å². The maximum Gasteiger partial charge on any atom is 0.319 e. The summed E-state index contributed by atoms with van der Waals surface area (Å²) in [6.45, 7) is 2.04. The van der Waals surface area contributed by atoms with Crippen LogP contribution in [0.5, 0.6) is 0 Å². The van der Waals surface area contributed by atoms with E-state index >= 15 is 0 Å². The lowest BCUT2D eigenvalue weighted by molar-refractivity contribution is 0.0273. The first-order valence-electron chi connectivity index (χ1n) is 5.95. The lowest BCUT2D eigenvalue weighted by atomic mass is 10.0. The second-order valence-corrected chi connectivity index (χ2v) is 4.53. The predicted molar refractivity (Wildman–Crippen MR) is 70.5 cm³/mol. The predicted octanol–water partition coefficient (Wildman–Crippen LogP) is 1.73. The van der Waals surface area contributed by atoms with Crippen LogP contribution in [0.1, 0.15) is 13.3 Å². The van der Waals surface area contributed by atoms with E-state index in [1.165, 1.54) is 25.3 Å². The normalized spacial score (nSPS) is 13.7. The van der Waals surface area contributed by atoms with E-state index in [2.05, 4.69) is 10.6 Å². The highest BCUT2D eigenvalue weighted by Crippen LogP contribution is 2.12. The minimum Gasteiger partial charge on any atom is -0.388 e. The van der Waals surface area contributed by atoms with Crippen LogP contribution < -0.4 is 10.6 Å². The van der Waals surface area contributed by atoms with Crippen molar-refractivity contribution in [2.24, 2.45) is 0 Å². The number of anilines is 1. The molecule has 0 spiro atoms. The first-order chi connectivity index (χ1) is 8.94. The molecule has 0 bridgehead atoms. The Morgan fingerprint density at radius 1 is 1.47 bits per heavy atom. The second kappa shape index (κ2) is 7.06. The smallest absolute Gasteiger partial charge is 0.319 e. The number of nitrogens with one attached hydrogen (secondary N) is 2. The summed E-state index contributed by atoms with van der Waals surface area (Å²) >= 11 is 0. The monoisotopic (exact) mass is 270 g/mol. The number of rotatable bonds is 6. The summed E-state index contributed by atoms with van der Waals surface area (Å²) in [5, 5.41) is 14.8. The Hall–Kier alpha value is -1.66. The number of halogens is 1. The van der Waals surface area contributed by atoms with E-state index in [9.17, 15) is 14.3 Å². The van der Waals surface area contributed by atoms with Crippen molar-refractivity contribution >= 4 is 11.7 Å². The van der Waals surface area contributed by atoms with Gasteiger partial charge in [0.05, 0.1) is 11.3 Å². The van der Waals surface area contributed by atoms with Crippen LogP contribution in [0.15, 0.2) is 24.3 Å². The molecule has 5 nitrogen and oxygen atoms in total. The summed E-state index contributed by atoms with van der Waals surface area (Å²) in [5.41, 5.74) is -0.973. The molecule has 0 saturated heterocycles. The number of carbonyl (C=O) groups excluding carboxylic acids is 1. The molecule has 6 heteroatoms. The van der Waals surface area contributed by atoms with Gasteiger partial charge in [-0.1, -0.05) is 12.1 Å². The molecule has 0 aliphatic rings. The van der Waals surface area contributed by atoms with Gasteiger partial charge in [0.25, 0.3) is 0 Å². The van der Waals surface area contributed by atoms with Crippen molar-refractivity contribution in [3.8, 4) is 0 Å². The lowest BCUT2D eigenvalue weighted by Gasteiger charge is -2.23. The van der Waals surface area contributed by atoms with Gasteiger partial charge in [0.2, 0.25) is 0 Å². The molecule has 0 aromatic heterocycles. The number of carbonyl (C=O) groups is 1. The number of urea groups is 1. The maximum atomic E-state index is 13.3. The molecule has 3 N–H and O–H groups in total. The zero-order valence-electron chi connectivity index (χ0n) is 11.1. The van der Waals surface area contributed by atoms with Gasteiger partial charge in [0.15, 0.2) is 0 Å². The van der Waals surface area contributed by atoms with Crippen LogP contribution >= 0.6 is 0 Å². The minimum absolute atomic E-state index is 0.0522. The van der Waals surface area contributed by atoms with Crippen LogP contribution in [0.3, 0.4) is 0 Å².